The molecule has 142 valence electrons. The van der Waals surface area contributed by atoms with E-state index >= 15 is 0 Å². The molecule has 0 N–H and O–H groups in total. The standard InChI is InChI=1S/C24H21N5/c1-28(2)14-13-21-20(15-25)23-24(29(21)16-18-9-5-3-6-10-18)22(26-17-27-23)19-11-7-4-8-12-19/h3-14,17H,16H2,1-2H3/b14-13+. The van der Waals surface area contributed by atoms with Gasteiger partial charge in [0.15, 0.2) is 0 Å². The summed E-state index contributed by atoms with van der Waals surface area (Å²) in [6.07, 6.45) is 5.46. The van der Waals surface area contributed by atoms with E-state index in [4.69, 9.17) is 0 Å². The summed E-state index contributed by atoms with van der Waals surface area (Å²) >= 11 is 0. The predicted molar refractivity (Wildman–Crippen MR) is 116 cm³/mol. The third kappa shape index (κ3) is 3.61. The van der Waals surface area contributed by atoms with Crippen molar-refractivity contribution in [1.29, 1.82) is 5.26 Å². The van der Waals surface area contributed by atoms with Gasteiger partial charge in [-0.05, 0) is 11.6 Å². The van der Waals surface area contributed by atoms with E-state index in [9.17, 15) is 5.26 Å². The van der Waals surface area contributed by atoms with Gasteiger partial charge in [-0.25, -0.2) is 9.97 Å². The maximum absolute atomic E-state index is 9.95. The molecule has 0 atom stereocenters. The number of nitriles is 1. The molecule has 0 aliphatic heterocycles. The lowest BCUT2D eigenvalue weighted by Gasteiger charge is -2.12. The van der Waals surface area contributed by atoms with Crippen LogP contribution in [0.1, 0.15) is 16.8 Å². The maximum Gasteiger partial charge on any atom is 0.116 e. The van der Waals surface area contributed by atoms with Crippen molar-refractivity contribution in [3.63, 3.8) is 0 Å². The Morgan fingerprint density at radius 3 is 2.34 bits per heavy atom. The van der Waals surface area contributed by atoms with Crippen molar-refractivity contribution >= 4 is 17.1 Å². The van der Waals surface area contributed by atoms with Crippen LogP contribution in [0.3, 0.4) is 0 Å². The highest BCUT2D eigenvalue weighted by atomic mass is 15.1. The molecule has 0 radical (unpaired) electrons. The second-order valence-electron chi connectivity index (χ2n) is 7.01. The summed E-state index contributed by atoms with van der Waals surface area (Å²) in [6.45, 7) is 0.624. The van der Waals surface area contributed by atoms with Gasteiger partial charge in [0.1, 0.15) is 23.5 Å². The van der Waals surface area contributed by atoms with Crippen molar-refractivity contribution in [2.45, 2.75) is 6.54 Å². The highest BCUT2D eigenvalue weighted by Crippen LogP contribution is 2.32. The number of nitrogens with zero attached hydrogens (tertiary/aromatic N) is 5. The largest absolute Gasteiger partial charge is 0.383 e. The van der Waals surface area contributed by atoms with E-state index in [1.54, 1.807) is 0 Å². The molecule has 4 aromatic rings. The number of benzene rings is 2. The van der Waals surface area contributed by atoms with E-state index in [0.29, 0.717) is 17.6 Å². The van der Waals surface area contributed by atoms with Crippen LogP contribution in [0.5, 0.6) is 0 Å². The molecule has 4 rings (SSSR count). The predicted octanol–water partition coefficient (Wildman–Crippen LogP) is 4.55. The molecule has 0 saturated heterocycles. The average Bonchev–Trinajstić information content (AvgIpc) is 3.06. The molecule has 0 unspecified atom stereocenters. The zero-order valence-electron chi connectivity index (χ0n) is 16.4. The zero-order chi connectivity index (χ0) is 20.2. The number of hydrogen-bond acceptors (Lipinski definition) is 4. The van der Waals surface area contributed by atoms with Crippen LogP contribution in [-0.4, -0.2) is 33.5 Å². The summed E-state index contributed by atoms with van der Waals surface area (Å²) in [5, 5.41) is 9.95. The number of aromatic nitrogens is 3. The fraction of sp³-hybridized carbons (Fsp3) is 0.125. The van der Waals surface area contributed by atoms with Gasteiger partial charge >= 0.3 is 0 Å². The van der Waals surface area contributed by atoms with Gasteiger partial charge in [-0.15, -0.1) is 0 Å². The minimum atomic E-state index is 0.564. The SMILES string of the molecule is CN(C)/C=C/c1c(C#N)c2ncnc(-c3ccccc3)c2n1Cc1ccccc1. The van der Waals surface area contributed by atoms with Crippen LogP contribution < -0.4 is 0 Å². The minimum absolute atomic E-state index is 0.564. The van der Waals surface area contributed by atoms with Crippen molar-refractivity contribution in [3.8, 4) is 17.3 Å². The van der Waals surface area contributed by atoms with Gasteiger partial charge in [0.05, 0.1) is 16.9 Å². The van der Waals surface area contributed by atoms with Crippen LogP contribution in [0.2, 0.25) is 0 Å². The van der Waals surface area contributed by atoms with E-state index in [1.165, 1.54) is 6.33 Å². The summed E-state index contributed by atoms with van der Waals surface area (Å²) < 4.78 is 2.14. The van der Waals surface area contributed by atoms with Crippen LogP contribution in [0, 0.1) is 11.3 Å². The number of rotatable bonds is 5. The van der Waals surface area contributed by atoms with E-state index in [-0.39, 0.29) is 0 Å². The Bertz CT molecular complexity index is 1200. The Balaban J connectivity index is 2.04. The topological polar surface area (TPSA) is 57.7 Å². The molecular formula is C24H21N5. The van der Waals surface area contributed by atoms with E-state index in [0.717, 1.165) is 28.0 Å². The highest BCUT2D eigenvalue weighted by molar-refractivity contribution is 5.96. The van der Waals surface area contributed by atoms with E-state index in [1.807, 2.05) is 79.8 Å². The van der Waals surface area contributed by atoms with Crippen molar-refractivity contribution in [3.05, 3.63) is 90.0 Å². The first-order chi connectivity index (χ1) is 14.2. The third-order valence-corrected chi connectivity index (χ3v) is 4.75. The van der Waals surface area contributed by atoms with Crippen molar-refractivity contribution < 1.29 is 0 Å². The molecule has 5 heteroatoms. The van der Waals surface area contributed by atoms with Crippen LogP contribution in [0.15, 0.2) is 73.2 Å². The summed E-state index contributed by atoms with van der Waals surface area (Å²) in [7, 11) is 3.92. The number of hydrogen-bond donors (Lipinski definition) is 0. The monoisotopic (exact) mass is 379 g/mol. The molecule has 0 aliphatic carbocycles. The Morgan fingerprint density at radius 2 is 1.69 bits per heavy atom. The molecule has 0 spiro atoms. The molecule has 29 heavy (non-hydrogen) atoms. The van der Waals surface area contributed by atoms with Gasteiger partial charge in [-0.1, -0.05) is 60.7 Å². The third-order valence-electron chi connectivity index (χ3n) is 4.75. The second kappa shape index (κ2) is 7.99. The van der Waals surface area contributed by atoms with Gasteiger partial charge < -0.3 is 9.47 Å². The summed E-state index contributed by atoms with van der Waals surface area (Å²) in [5.74, 6) is 0. The van der Waals surface area contributed by atoms with E-state index in [2.05, 4.69) is 32.7 Å². The summed E-state index contributed by atoms with van der Waals surface area (Å²) in [4.78, 5) is 11.0. The molecule has 0 bridgehead atoms. The van der Waals surface area contributed by atoms with Crippen molar-refractivity contribution in [2.75, 3.05) is 14.1 Å². The van der Waals surface area contributed by atoms with Crippen LogP contribution in [0.4, 0.5) is 0 Å². The Hall–Kier alpha value is -3.91. The van der Waals surface area contributed by atoms with Crippen LogP contribution >= 0.6 is 0 Å². The molecule has 0 aliphatic rings. The molecule has 2 aromatic heterocycles. The van der Waals surface area contributed by atoms with Gasteiger partial charge in [0.2, 0.25) is 0 Å². The van der Waals surface area contributed by atoms with E-state index < -0.39 is 0 Å². The fourth-order valence-corrected chi connectivity index (χ4v) is 3.43. The molecule has 0 amide bonds. The van der Waals surface area contributed by atoms with Crippen molar-refractivity contribution in [2.24, 2.45) is 0 Å². The lowest BCUT2D eigenvalue weighted by atomic mass is 10.1. The normalized spacial score (nSPS) is 11.1. The van der Waals surface area contributed by atoms with Crippen LogP contribution in [-0.2, 0) is 6.54 Å². The fourth-order valence-electron chi connectivity index (χ4n) is 3.43. The molecule has 2 heterocycles. The highest BCUT2D eigenvalue weighted by Gasteiger charge is 2.21. The lowest BCUT2D eigenvalue weighted by Crippen LogP contribution is -2.05. The molecule has 0 fully saturated rings. The van der Waals surface area contributed by atoms with Crippen LogP contribution in [0.25, 0.3) is 28.4 Å². The minimum Gasteiger partial charge on any atom is -0.383 e. The number of fused-ring (bicyclic) bond motifs is 1. The van der Waals surface area contributed by atoms with Gasteiger partial charge in [0.25, 0.3) is 0 Å². The maximum atomic E-state index is 9.95. The quantitative estimate of drug-likeness (QED) is 0.510. The first-order valence-corrected chi connectivity index (χ1v) is 9.40. The first-order valence-electron chi connectivity index (χ1n) is 9.40. The lowest BCUT2D eigenvalue weighted by molar-refractivity contribution is 0.567. The molecule has 2 aromatic carbocycles. The zero-order valence-corrected chi connectivity index (χ0v) is 16.4. The summed E-state index contributed by atoms with van der Waals surface area (Å²) in [5.41, 5.74) is 5.92. The van der Waals surface area contributed by atoms with Crippen molar-refractivity contribution in [1.82, 2.24) is 19.4 Å². The average molecular weight is 379 g/mol. The Morgan fingerprint density at radius 1 is 1.00 bits per heavy atom. The first kappa shape index (κ1) is 18.5. The molecule has 0 saturated carbocycles. The smallest absolute Gasteiger partial charge is 0.116 e. The van der Waals surface area contributed by atoms with Gasteiger partial charge in [-0.3, -0.25) is 0 Å². The van der Waals surface area contributed by atoms with Gasteiger partial charge in [0, 0.05) is 32.4 Å². The Labute approximate surface area is 170 Å². The summed E-state index contributed by atoms with van der Waals surface area (Å²) in [6, 6.07) is 22.6. The molecular weight excluding hydrogens is 358 g/mol. The second-order valence-corrected chi connectivity index (χ2v) is 7.01. The van der Waals surface area contributed by atoms with Gasteiger partial charge in [-0.2, -0.15) is 5.26 Å². The Kier molecular flexibility index (Phi) is 5.08. The molecule has 5 nitrogen and oxygen atoms in total.